The summed E-state index contributed by atoms with van der Waals surface area (Å²) in [5.41, 5.74) is 4.43. The van der Waals surface area contributed by atoms with Gasteiger partial charge < -0.3 is 18.8 Å². The van der Waals surface area contributed by atoms with Gasteiger partial charge in [-0.2, -0.15) is 0 Å². The summed E-state index contributed by atoms with van der Waals surface area (Å²) in [7, 11) is 1.67. The summed E-state index contributed by atoms with van der Waals surface area (Å²) in [6.07, 6.45) is 5.74. The Morgan fingerprint density at radius 2 is 2.03 bits per heavy atom. The molecule has 0 spiro atoms. The Morgan fingerprint density at radius 1 is 1.22 bits per heavy atom. The molecule has 2 aromatic carbocycles. The molecule has 4 rings (SSSR count). The van der Waals surface area contributed by atoms with E-state index in [9.17, 15) is 4.79 Å². The van der Waals surface area contributed by atoms with E-state index in [2.05, 4.69) is 13.0 Å². The summed E-state index contributed by atoms with van der Waals surface area (Å²) in [4.78, 5) is 14.9. The van der Waals surface area contributed by atoms with Crippen LogP contribution in [0.3, 0.4) is 0 Å². The van der Waals surface area contributed by atoms with Crippen molar-refractivity contribution in [2.75, 3.05) is 26.8 Å². The quantitative estimate of drug-likeness (QED) is 0.436. The summed E-state index contributed by atoms with van der Waals surface area (Å²) in [6.45, 7) is 8.30. The summed E-state index contributed by atoms with van der Waals surface area (Å²) < 4.78 is 17.4. The van der Waals surface area contributed by atoms with Crippen molar-refractivity contribution in [3.05, 3.63) is 54.3 Å². The Bertz CT molecular complexity index is 1140. The van der Waals surface area contributed by atoms with E-state index >= 15 is 0 Å². The Kier molecular flexibility index (Phi) is 6.54. The summed E-state index contributed by atoms with van der Waals surface area (Å²) >= 11 is 0. The number of likely N-dealkylation sites (tertiary alicyclic amines) is 1. The van der Waals surface area contributed by atoms with Gasteiger partial charge in [-0.3, -0.25) is 4.79 Å². The third-order valence-electron chi connectivity index (χ3n) is 6.11. The van der Waals surface area contributed by atoms with E-state index < -0.39 is 0 Å². The number of amides is 1. The highest BCUT2D eigenvalue weighted by Crippen LogP contribution is 2.40. The molecule has 1 aromatic heterocycles. The van der Waals surface area contributed by atoms with Crippen molar-refractivity contribution in [3.63, 3.8) is 0 Å². The lowest BCUT2D eigenvalue weighted by Crippen LogP contribution is -2.38. The number of carbonyl (C=O) groups is 1. The number of benzene rings is 2. The van der Waals surface area contributed by atoms with Gasteiger partial charge in [-0.05, 0) is 50.3 Å². The zero-order valence-electron chi connectivity index (χ0n) is 19.3. The molecule has 1 saturated heterocycles. The van der Waals surface area contributed by atoms with Crippen molar-refractivity contribution < 1.29 is 18.7 Å². The molecule has 32 heavy (non-hydrogen) atoms. The average molecular weight is 434 g/mol. The van der Waals surface area contributed by atoms with E-state index in [4.69, 9.17) is 13.9 Å². The molecule has 1 amide bonds. The van der Waals surface area contributed by atoms with E-state index in [0.717, 1.165) is 64.2 Å². The van der Waals surface area contributed by atoms with Crippen LogP contribution in [-0.4, -0.2) is 37.6 Å². The minimum absolute atomic E-state index is 0.0636. The zero-order valence-corrected chi connectivity index (χ0v) is 19.3. The van der Waals surface area contributed by atoms with Gasteiger partial charge in [0.1, 0.15) is 17.1 Å². The lowest BCUT2D eigenvalue weighted by Gasteiger charge is -2.30. The van der Waals surface area contributed by atoms with Gasteiger partial charge in [-0.25, -0.2) is 0 Å². The third-order valence-corrected chi connectivity index (χ3v) is 6.11. The molecule has 0 bridgehead atoms. The first-order valence-electron chi connectivity index (χ1n) is 11.3. The van der Waals surface area contributed by atoms with Crippen LogP contribution in [0.15, 0.2) is 53.2 Å². The fraction of sp³-hybridized carbons (Fsp3) is 0.370. The number of nitrogens with zero attached hydrogens (tertiary/aromatic N) is 1. The molecule has 1 atom stereocenters. The van der Waals surface area contributed by atoms with Gasteiger partial charge in [-0.15, -0.1) is 0 Å². The third kappa shape index (κ3) is 4.38. The molecule has 1 aliphatic heterocycles. The maximum absolute atomic E-state index is 13.0. The second-order valence-corrected chi connectivity index (χ2v) is 8.49. The second-order valence-electron chi connectivity index (χ2n) is 8.49. The minimum Gasteiger partial charge on any atom is -0.496 e. The SMILES string of the molecule is CCOc1cc2occ(-c3ccccc3OC)c2cc1/C(C)=C/C(=O)N1CCCC(C)C1. The Morgan fingerprint density at radius 3 is 2.78 bits per heavy atom. The first-order valence-corrected chi connectivity index (χ1v) is 11.3. The normalized spacial score (nSPS) is 16.9. The van der Waals surface area contributed by atoms with Crippen LogP contribution in [0.2, 0.25) is 0 Å². The van der Waals surface area contributed by atoms with Gasteiger partial charge in [-0.1, -0.05) is 25.1 Å². The monoisotopic (exact) mass is 433 g/mol. The Labute approximate surface area is 189 Å². The molecule has 0 aliphatic carbocycles. The van der Waals surface area contributed by atoms with Crippen molar-refractivity contribution in [3.8, 4) is 22.6 Å². The van der Waals surface area contributed by atoms with Crippen LogP contribution in [0.5, 0.6) is 11.5 Å². The zero-order chi connectivity index (χ0) is 22.7. The fourth-order valence-electron chi connectivity index (χ4n) is 4.46. The van der Waals surface area contributed by atoms with Gasteiger partial charge in [0.25, 0.3) is 0 Å². The van der Waals surface area contributed by atoms with E-state index in [-0.39, 0.29) is 5.91 Å². The summed E-state index contributed by atoms with van der Waals surface area (Å²) in [5.74, 6) is 2.11. The molecule has 168 valence electrons. The maximum Gasteiger partial charge on any atom is 0.246 e. The molecular weight excluding hydrogens is 402 g/mol. The number of para-hydroxylation sites is 1. The standard InChI is InChI=1S/C27H31NO4/c1-5-31-25-15-26-22(23(17-32-26)20-10-6-7-11-24(20)30-4)14-21(25)19(3)13-27(29)28-12-8-9-18(2)16-28/h6-7,10-11,13-15,17-18H,5,8-9,12,16H2,1-4H3/b19-13+. The van der Waals surface area contributed by atoms with Crippen molar-refractivity contribution >= 4 is 22.4 Å². The van der Waals surface area contributed by atoms with Gasteiger partial charge >= 0.3 is 0 Å². The van der Waals surface area contributed by atoms with Gasteiger partial charge in [0, 0.05) is 47.3 Å². The molecular formula is C27H31NO4. The van der Waals surface area contributed by atoms with Crippen LogP contribution < -0.4 is 9.47 Å². The predicted molar refractivity (Wildman–Crippen MR) is 128 cm³/mol. The van der Waals surface area contributed by atoms with Crippen LogP contribution in [0, 0.1) is 5.92 Å². The van der Waals surface area contributed by atoms with Crippen LogP contribution in [0.4, 0.5) is 0 Å². The lowest BCUT2D eigenvalue weighted by molar-refractivity contribution is -0.127. The number of allylic oxidation sites excluding steroid dienone is 1. The average Bonchev–Trinajstić information content (AvgIpc) is 3.21. The summed E-state index contributed by atoms with van der Waals surface area (Å²) in [5, 5.41) is 0.958. The van der Waals surface area contributed by atoms with Crippen LogP contribution in [0.1, 0.15) is 39.2 Å². The van der Waals surface area contributed by atoms with Gasteiger partial charge in [0.2, 0.25) is 5.91 Å². The molecule has 3 aromatic rings. The molecule has 2 heterocycles. The van der Waals surface area contributed by atoms with Crippen LogP contribution >= 0.6 is 0 Å². The highest BCUT2D eigenvalue weighted by Gasteiger charge is 2.21. The van der Waals surface area contributed by atoms with Crippen molar-refractivity contribution in [1.29, 1.82) is 0 Å². The molecule has 5 heteroatoms. The topological polar surface area (TPSA) is 51.9 Å². The Hall–Kier alpha value is -3.21. The van der Waals surface area contributed by atoms with Crippen LogP contribution in [-0.2, 0) is 4.79 Å². The first kappa shape index (κ1) is 22.0. The number of piperidine rings is 1. The highest BCUT2D eigenvalue weighted by molar-refractivity contribution is 6.01. The van der Waals surface area contributed by atoms with Crippen LogP contribution in [0.25, 0.3) is 27.7 Å². The van der Waals surface area contributed by atoms with E-state index in [1.54, 1.807) is 19.4 Å². The maximum atomic E-state index is 13.0. The molecule has 0 radical (unpaired) electrons. The summed E-state index contributed by atoms with van der Waals surface area (Å²) in [6, 6.07) is 11.9. The number of methoxy groups -OCH3 is 1. The van der Waals surface area contributed by atoms with E-state index in [1.165, 1.54) is 6.42 Å². The predicted octanol–water partition coefficient (Wildman–Crippen LogP) is 6.17. The number of ether oxygens (including phenoxy) is 2. The number of hydrogen-bond acceptors (Lipinski definition) is 4. The number of fused-ring (bicyclic) bond motifs is 1. The smallest absolute Gasteiger partial charge is 0.246 e. The highest BCUT2D eigenvalue weighted by atomic mass is 16.5. The number of hydrogen-bond donors (Lipinski definition) is 0. The molecule has 0 N–H and O–H groups in total. The number of rotatable bonds is 6. The molecule has 1 aliphatic rings. The van der Waals surface area contributed by atoms with Crippen molar-refractivity contribution in [2.45, 2.75) is 33.6 Å². The molecule has 0 saturated carbocycles. The van der Waals surface area contributed by atoms with Gasteiger partial charge in [0.15, 0.2) is 0 Å². The first-order chi connectivity index (χ1) is 15.5. The Balaban J connectivity index is 1.77. The lowest BCUT2D eigenvalue weighted by atomic mass is 9.98. The molecule has 1 fully saturated rings. The van der Waals surface area contributed by atoms with E-state index in [0.29, 0.717) is 12.5 Å². The number of carbonyl (C=O) groups excluding carboxylic acids is 1. The molecule has 5 nitrogen and oxygen atoms in total. The minimum atomic E-state index is 0.0636. The fourth-order valence-corrected chi connectivity index (χ4v) is 4.46. The molecule has 1 unspecified atom stereocenters. The largest absolute Gasteiger partial charge is 0.496 e. The second kappa shape index (κ2) is 9.51. The van der Waals surface area contributed by atoms with E-state index in [1.807, 2.05) is 49.1 Å². The van der Waals surface area contributed by atoms with Crippen molar-refractivity contribution in [1.82, 2.24) is 4.90 Å². The van der Waals surface area contributed by atoms with Crippen molar-refractivity contribution in [2.24, 2.45) is 5.92 Å². The van der Waals surface area contributed by atoms with Gasteiger partial charge in [0.05, 0.1) is 20.0 Å². The number of furan rings is 1.